The van der Waals surface area contributed by atoms with E-state index in [0.29, 0.717) is 35.4 Å². The van der Waals surface area contributed by atoms with Crippen LogP contribution in [0.4, 0.5) is 0 Å². The largest absolute Gasteiger partial charge is 0.303 e. The number of aldehydes is 1. The maximum atomic E-state index is 12.9. The molecule has 158 valence electrons. The zero-order valence-electron chi connectivity index (χ0n) is 18.7. The van der Waals surface area contributed by atoms with Crippen LogP contribution in [0.1, 0.15) is 98.3 Å². The Bertz CT molecular complexity index is 591. The van der Waals surface area contributed by atoms with Crippen LogP contribution in [-0.4, -0.2) is 12.1 Å². The van der Waals surface area contributed by atoms with Gasteiger partial charge in [0, 0.05) is 11.8 Å². The van der Waals surface area contributed by atoms with Crippen LogP contribution in [0.5, 0.6) is 0 Å². The van der Waals surface area contributed by atoms with Crippen molar-refractivity contribution >= 4 is 12.1 Å². The molecule has 2 fully saturated rings. The molecule has 0 heterocycles. The zero-order chi connectivity index (χ0) is 20.4. The number of carbonyl (C=O) groups is 2. The molecular weight excluding hydrogens is 344 g/mol. The van der Waals surface area contributed by atoms with Gasteiger partial charge in [0.1, 0.15) is 6.29 Å². The number of ketones is 1. The van der Waals surface area contributed by atoms with Gasteiger partial charge in [0.2, 0.25) is 0 Å². The van der Waals surface area contributed by atoms with E-state index in [9.17, 15) is 9.59 Å². The highest BCUT2D eigenvalue weighted by atomic mass is 16.1. The predicted molar refractivity (Wildman–Crippen MR) is 116 cm³/mol. The smallest absolute Gasteiger partial charge is 0.161 e. The van der Waals surface area contributed by atoms with Crippen LogP contribution >= 0.6 is 0 Å². The SMILES string of the molecule is CC(C)CCCCC1CCC2C(CC=O)C([C@@]3(C)CCC=CC3=O)CC[C@]12C. The molecule has 3 rings (SSSR count). The summed E-state index contributed by atoms with van der Waals surface area (Å²) in [5.74, 6) is 3.34. The molecule has 6 atom stereocenters. The van der Waals surface area contributed by atoms with Crippen molar-refractivity contribution in [2.45, 2.75) is 98.3 Å². The van der Waals surface area contributed by atoms with Gasteiger partial charge in [0.05, 0.1) is 0 Å². The highest BCUT2D eigenvalue weighted by molar-refractivity contribution is 5.95. The Morgan fingerprint density at radius 2 is 1.89 bits per heavy atom. The van der Waals surface area contributed by atoms with E-state index in [1.54, 1.807) is 0 Å². The first kappa shape index (κ1) is 21.8. The third kappa shape index (κ3) is 4.03. The summed E-state index contributed by atoms with van der Waals surface area (Å²) in [7, 11) is 0. The van der Waals surface area contributed by atoms with E-state index in [2.05, 4.69) is 27.7 Å². The summed E-state index contributed by atoms with van der Waals surface area (Å²) < 4.78 is 0. The molecule has 0 bridgehead atoms. The fourth-order valence-corrected chi connectivity index (χ4v) is 7.30. The second-order valence-electron chi connectivity index (χ2n) is 11.0. The lowest BCUT2D eigenvalue weighted by Crippen LogP contribution is -2.49. The Labute approximate surface area is 172 Å². The molecule has 0 radical (unpaired) electrons. The normalized spacial score (nSPS) is 40.7. The van der Waals surface area contributed by atoms with Crippen molar-refractivity contribution in [1.82, 2.24) is 0 Å². The minimum Gasteiger partial charge on any atom is -0.303 e. The minimum absolute atomic E-state index is 0.251. The molecule has 0 saturated heterocycles. The molecule has 0 aromatic carbocycles. The molecule has 3 aliphatic rings. The van der Waals surface area contributed by atoms with E-state index in [1.807, 2.05) is 12.2 Å². The molecule has 0 aliphatic heterocycles. The van der Waals surface area contributed by atoms with E-state index >= 15 is 0 Å². The average molecular weight is 387 g/mol. The lowest BCUT2D eigenvalue weighted by atomic mass is 9.50. The third-order valence-electron chi connectivity index (χ3n) is 9.07. The van der Waals surface area contributed by atoms with Crippen LogP contribution in [0.2, 0.25) is 0 Å². The number of allylic oxidation sites excluding steroid dienone is 2. The van der Waals surface area contributed by atoms with Crippen molar-refractivity contribution in [2.24, 2.45) is 40.4 Å². The summed E-state index contributed by atoms with van der Waals surface area (Å²) in [6, 6.07) is 0. The van der Waals surface area contributed by atoms with Crippen molar-refractivity contribution in [1.29, 1.82) is 0 Å². The summed E-state index contributed by atoms with van der Waals surface area (Å²) in [5, 5.41) is 0. The average Bonchev–Trinajstić information content (AvgIpc) is 2.98. The van der Waals surface area contributed by atoms with Gasteiger partial charge in [-0.1, -0.05) is 53.0 Å². The van der Waals surface area contributed by atoms with E-state index in [4.69, 9.17) is 0 Å². The first-order valence-electron chi connectivity index (χ1n) is 12.0. The topological polar surface area (TPSA) is 34.1 Å². The Kier molecular flexibility index (Phi) is 6.88. The number of hydrogen-bond donors (Lipinski definition) is 0. The number of carbonyl (C=O) groups excluding carboxylic acids is 2. The summed E-state index contributed by atoms with van der Waals surface area (Å²) in [6.45, 7) is 9.36. The van der Waals surface area contributed by atoms with E-state index in [1.165, 1.54) is 44.9 Å². The third-order valence-corrected chi connectivity index (χ3v) is 9.07. The summed E-state index contributed by atoms with van der Waals surface area (Å²) in [4.78, 5) is 24.5. The fourth-order valence-electron chi connectivity index (χ4n) is 7.30. The van der Waals surface area contributed by atoms with E-state index in [-0.39, 0.29) is 5.41 Å². The standard InChI is InChI=1S/C26H42O2/c1-19(2)9-5-6-10-20-12-13-22-21(15-18-27)23(14-17-25(20,22)3)26(4)16-8-7-11-24(26)28/h7,11,18-23H,5-6,8-10,12-17H2,1-4H3/t20?,21?,22?,23?,25-,26-/m1/s1. The van der Waals surface area contributed by atoms with Crippen LogP contribution in [0.25, 0.3) is 0 Å². The zero-order valence-corrected chi connectivity index (χ0v) is 18.7. The van der Waals surface area contributed by atoms with Gasteiger partial charge in [-0.3, -0.25) is 4.79 Å². The molecule has 0 N–H and O–H groups in total. The molecule has 0 aromatic rings. The van der Waals surface area contributed by atoms with Gasteiger partial charge < -0.3 is 4.79 Å². The molecule has 0 spiro atoms. The minimum atomic E-state index is -0.251. The van der Waals surface area contributed by atoms with Crippen LogP contribution in [-0.2, 0) is 9.59 Å². The molecule has 2 saturated carbocycles. The fraction of sp³-hybridized carbons (Fsp3) is 0.846. The Hall–Kier alpha value is -0.920. The lowest BCUT2D eigenvalue weighted by Gasteiger charge is -2.53. The van der Waals surface area contributed by atoms with Crippen molar-refractivity contribution in [2.75, 3.05) is 0 Å². The molecular formula is C26H42O2. The van der Waals surface area contributed by atoms with Crippen LogP contribution in [0.15, 0.2) is 12.2 Å². The van der Waals surface area contributed by atoms with Crippen molar-refractivity contribution in [3.63, 3.8) is 0 Å². The highest BCUT2D eigenvalue weighted by Gasteiger charge is 2.57. The molecule has 3 aliphatic carbocycles. The first-order chi connectivity index (χ1) is 13.3. The van der Waals surface area contributed by atoms with Gasteiger partial charge in [-0.05, 0) is 86.0 Å². The Morgan fingerprint density at radius 1 is 1.11 bits per heavy atom. The van der Waals surface area contributed by atoms with Crippen molar-refractivity contribution in [3.05, 3.63) is 12.2 Å². The molecule has 0 amide bonds. The van der Waals surface area contributed by atoms with Gasteiger partial charge in [0.25, 0.3) is 0 Å². The van der Waals surface area contributed by atoms with Gasteiger partial charge >= 0.3 is 0 Å². The molecule has 0 aromatic heterocycles. The van der Waals surface area contributed by atoms with Crippen LogP contribution < -0.4 is 0 Å². The van der Waals surface area contributed by atoms with E-state index < -0.39 is 0 Å². The van der Waals surface area contributed by atoms with Gasteiger partial charge in [-0.25, -0.2) is 0 Å². The lowest BCUT2D eigenvalue weighted by molar-refractivity contribution is -0.135. The number of hydrogen-bond acceptors (Lipinski definition) is 2. The maximum Gasteiger partial charge on any atom is 0.161 e. The summed E-state index contributed by atoms with van der Waals surface area (Å²) in [5.41, 5.74) is 0.130. The highest BCUT2D eigenvalue weighted by Crippen LogP contribution is 2.63. The number of fused-ring (bicyclic) bond motifs is 1. The molecule has 4 unspecified atom stereocenters. The summed E-state index contributed by atoms with van der Waals surface area (Å²) >= 11 is 0. The molecule has 28 heavy (non-hydrogen) atoms. The number of rotatable bonds is 8. The first-order valence-corrected chi connectivity index (χ1v) is 12.0. The quantitative estimate of drug-likeness (QED) is 0.340. The summed E-state index contributed by atoms with van der Waals surface area (Å²) in [6.07, 6.45) is 18.0. The predicted octanol–water partition coefficient (Wildman–Crippen LogP) is 6.78. The Morgan fingerprint density at radius 3 is 2.57 bits per heavy atom. The molecule has 2 nitrogen and oxygen atoms in total. The van der Waals surface area contributed by atoms with Crippen molar-refractivity contribution in [3.8, 4) is 0 Å². The monoisotopic (exact) mass is 386 g/mol. The van der Waals surface area contributed by atoms with Crippen molar-refractivity contribution < 1.29 is 9.59 Å². The van der Waals surface area contributed by atoms with Gasteiger partial charge in [-0.15, -0.1) is 0 Å². The molecule has 2 heteroatoms. The maximum absolute atomic E-state index is 12.9. The second kappa shape index (κ2) is 8.84. The van der Waals surface area contributed by atoms with Gasteiger partial charge in [0.15, 0.2) is 5.78 Å². The van der Waals surface area contributed by atoms with E-state index in [0.717, 1.165) is 37.4 Å². The van der Waals surface area contributed by atoms with Crippen LogP contribution in [0.3, 0.4) is 0 Å². The van der Waals surface area contributed by atoms with Crippen LogP contribution in [0, 0.1) is 40.4 Å². The Balaban J connectivity index is 1.74. The number of unbranched alkanes of at least 4 members (excludes halogenated alkanes) is 1. The van der Waals surface area contributed by atoms with Gasteiger partial charge in [-0.2, -0.15) is 0 Å². The second-order valence-corrected chi connectivity index (χ2v) is 11.0.